The van der Waals surface area contributed by atoms with Gasteiger partial charge in [-0.3, -0.25) is 9.79 Å². The van der Waals surface area contributed by atoms with E-state index in [1.54, 1.807) is 0 Å². The first-order chi connectivity index (χ1) is 5.52. The van der Waals surface area contributed by atoms with Gasteiger partial charge in [0.05, 0.1) is 6.54 Å². The zero-order valence-electron chi connectivity index (χ0n) is 7.14. The van der Waals surface area contributed by atoms with Gasteiger partial charge in [0.1, 0.15) is 0 Å². The van der Waals surface area contributed by atoms with Crippen LogP contribution in [0.1, 0.15) is 12.8 Å². The van der Waals surface area contributed by atoms with Gasteiger partial charge in [0.25, 0.3) is 0 Å². The molecule has 0 aliphatic heterocycles. The summed E-state index contributed by atoms with van der Waals surface area (Å²) in [5.41, 5.74) is 15.6. The quantitative estimate of drug-likeness (QED) is 0.337. The molecule has 78 valence electrons. The maximum atomic E-state index is 10.1. The van der Waals surface area contributed by atoms with Crippen molar-refractivity contribution in [3.8, 4) is 0 Å². The number of aliphatic imine (C=N–C) groups is 1. The molecule has 0 rings (SSSR count). The predicted molar refractivity (Wildman–Crippen MR) is 52.8 cm³/mol. The van der Waals surface area contributed by atoms with Gasteiger partial charge in [-0.1, -0.05) is 0 Å². The number of rotatable bonds is 5. The molecule has 7 heteroatoms. The Kier molecular flexibility index (Phi) is 8.52. The minimum absolute atomic E-state index is 0. The smallest absolute Gasteiger partial charge is 0.303 e. The number of nitrogens with two attached hydrogens (primary N) is 3. The van der Waals surface area contributed by atoms with Gasteiger partial charge in [0, 0.05) is 12.5 Å². The highest BCUT2D eigenvalue weighted by Crippen LogP contribution is 1.94. The van der Waals surface area contributed by atoms with Crippen molar-refractivity contribution < 1.29 is 9.90 Å². The van der Waals surface area contributed by atoms with Crippen molar-refractivity contribution >= 4 is 24.3 Å². The third-order valence-electron chi connectivity index (χ3n) is 1.24. The van der Waals surface area contributed by atoms with Gasteiger partial charge in [-0.2, -0.15) is 0 Å². The maximum Gasteiger partial charge on any atom is 0.303 e. The Morgan fingerprint density at radius 1 is 1.46 bits per heavy atom. The van der Waals surface area contributed by atoms with Gasteiger partial charge in [0.2, 0.25) is 0 Å². The lowest BCUT2D eigenvalue weighted by atomic mass is 10.2. The molecule has 0 heterocycles. The Bertz CT molecular complexity index is 181. The lowest BCUT2D eigenvalue weighted by Crippen LogP contribution is -2.29. The minimum atomic E-state index is -0.866. The molecule has 0 aromatic carbocycles. The second-order valence-electron chi connectivity index (χ2n) is 2.46. The summed E-state index contributed by atoms with van der Waals surface area (Å²) in [5, 5.41) is 8.30. The molecule has 0 aromatic rings. The monoisotopic (exact) mass is 210 g/mol. The standard InChI is InChI=1S/C6H14N4O2.ClH/c7-4(1-2-5(11)12)3-10-6(8)9;/h4H,1-3,7H2,(H,11,12)(H4,8,9,10);1H/t4-;/m0./s1. The van der Waals surface area contributed by atoms with Crippen LogP contribution in [0.25, 0.3) is 0 Å². The van der Waals surface area contributed by atoms with Gasteiger partial charge < -0.3 is 22.3 Å². The average molecular weight is 211 g/mol. The van der Waals surface area contributed by atoms with Crippen LogP contribution in [0.15, 0.2) is 4.99 Å². The van der Waals surface area contributed by atoms with Crippen molar-refractivity contribution in [2.24, 2.45) is 22.2 Å². The minimum Gasteiger partial charge on any atom is -0.481 e. The molecule has 0 radical (unpaired) electrons. The van der Waals surface area contributed by atoms with E-state index in [0.717, 1.165) is 0 Å². The molecule has 6 nitrogen and oxygen atoms in total. The van der Waals surface area contributed by atoms with Crippen molar-refractivity contribution in [1.29, 1.82) is 0 Å². The number of carboxylic acids is 1. The second-order valence-corrected chi connectivity index (χ2v) is 2.46. The summed E-state index contributed by atoms with van der Waals surface area (Å²) in [6, 6.07) is -0.289. The van der Waals surface area contributed by atoms with Gasteiger partial charge >= 0.3 is 5.97 Å². The molecule has 0 fully saturated rings. The molecule has 0 saturated carbocycles. The number of guanidine groups is 1. The molecule has 0 aromatic heterocycles. The van der Waals surface area contributed by atoms with Crippen molar-refractivity contribution in [3.05, 3.63) is 0 Å². The number of halogens is 1. The first kappa shape index (κ1) is 14.5. The number of hydrogen-bond donors (Lipinski definition) is 4. The fraction of sp³-hybridized carbons (Fsp3) is 0.667. The number of carbonyl (C=O) groups is 1. The van der Waals surface area contributed by atoms with E-state index < -0.39 is 5.97 Å². The van der Waals surface area contributed by atoms with Crippen molar-refractivity contribution in [1.82, 2.24) is 0 Å². The molecule has 13 heavy (non-hydrogen) atoms. The molecular weight excluding hydrogens is 196 g/mol. The summed E-state index contributed by atoms with van der Waals surface area (Å²) in [6.07, 6.45) is 0.424. The number of hydrogen-bond acceptors (Lipinski definition) is 3. The van der Waals surface area contributed by atoms with E-state index in [2.05, 4.69) is 4.99 Å². The van der Waals surface area contributed by atoms with E-state index in [-0.39, 0.29) is 37.4 Å². The number of carboxylic acid groups (broad SMARTS) is 1. The molecule has 0 bridgehead atoms. The fourth-order valence-corrected chi connectivity index (χ4v) is 0.623. The lowest BCUT2D eigenvalue weighted by molar-refractivity contribution is -0.137. The first-order valence-corrected chi connectivity index (χ1v) is 3.55. The lowest BCUT2D eigenvalue weighted by Gasteiger charge is -2.05. The van der Waals surface area contributed by atoms with Gasteiger partial charge in [-0.05, 0) is 6.42 Å². The molecule has 0 unspecified atom stereocenters. The Hall–Kier alpha value is -1.01. The topological polar surface area (TPSA) is 128 Å². The van der Waals surface area contributed by atoms with Crippen LogP contribution in [0.3, 0.4) is 0 Å². The summed E-state index contributed by atoms with van der Waals surface area (Å²) in [6.45, 7) is 0.273. The third kappa shape index (κ3) is 11.0. The molecule has 0 saturated heterocycles. The summed E-state index contributed by atoms with van der Waals surface area (Å²) in [5.74, 6) is -0.893. The largest absolute Gasteiger partial charge is 0.481 e. The van der Waals surface area contributed by atoms with Crippen LogP contribution in [-0.2, 0) is 4.79 Å². The molecule has 0 amide bonds. The van der Waals surface area contributed by atoms with Crippen LogP contribution < -0.4 is 17.2 Å². The molecular formula is C6H15ClN4O2. The average Bonchev–Trinajstić information content (AvgIpc) is 1.96. The highest BCUT2D eigenvalue weighted by molar-refractivity contribution is 5.85. The van der Waals surface area contributed by atoms with Crippen molar-refractivity contribution in [3.63, 3.8) is 0 Å². The zero-order chi connectivity index (χ0) is 9.56. The molecule has 0 aliphatic rings. The van der Waals surface area contributed by atoms with Crippen LogP contribution in [0.5, 0.6) is 0 Å². The Morgan fingerprint density at radius 3 is 2.38 bits per heavy atom. The van der Waals surface area contributed by atoms with Crippen molar-refractivity contribution in [2.75, 3.05) is 6.54 Å². The van der Waals surface area contributed by atoms with E-state index in [1.165, 1.54) is 0 Å². The first-order valence-electron chi connectivity index (χ1n) is 3.55. The summed E-state index contributed by atoms with van der Waals surface area (Å²) >= 11 is 0. The Morgan fingerprint density at radius 2 is 2.00 bits per heavy atom. The van der Waals surface area contributed by atoms with Crippen LogP contribution in [0.2, 0.25) is 0 Å². The molecule has 7 N–H and O–H groups in total. The zero-order valence-corrected chi connectivity index (χ0v) is 7.96. The van der Waals surface area contributed by atoms with E-state index in [0.29, 0.717) is 6.42 Å². The fourth-order valence-electron chi connectivity index (χ4n) is 0.623. The van der Waals surface area contributed by atoms with E-state index in [4.69, 9.17) is 22.3 Å². The highest BCUT2D eigenvalue weighted by atomic mass is 35.5. The van der Waals surface area contributed by atoms with E-state index >= 15 is 0 Å². The van der Waals surface area contributed by atoms with Gasteiger partial charge in [0.15, 0.2) is 5.96 Å². The predicted octanol–water partition coefficient (Wildman–Crippen LogP) is -1.13. The second kappa shape index (κ2) is 7.63. The van der Waals surface area contributed by atoms with Gasteiger partial charge in [-0.15, -0.1) is 12.4 Å². The summed E-state index contributed by atoms with van der Waals surface area (Å²) in [7, 11) is 0. The summed E-state index contributed by atoms with van der Waals surface area (Å²) in [4.78, 5) is 13.8. The third-order valence-corrected chi connectivity index (χ3v) is 1.24. The van der Waals surface area contributed by atoms with Crippen molar-refractivity contribution in [2.45, 2.75) is 18.9 Å². The van der Waals surface area contributed by atoms with E-state index in [9.17, 15) is 4.79 Å². The van der Waals surface area contributed by atoms with Crippen LogP contribution in [0.4, 0.5) is 0 Å². The van der Waals surface area contributed by atoms with E-state index in [1.807, 2.05) is 0 Å². The molecule has 1 atom stereocenters. The number of aliphatic carboxylic acids is 1. The van der Waals surface area contributed by atoms with Crippen LogP contribution >= 0.6 is 12.4 Å². The maximum absolute atomic E-state index is 10.1. The van der Waals surface area contributed by atoms with Crippen LogP contribution in [0, 0.1) is 0 Å². The normalized spacial score (nSPS) is 11.2. The molecule has 0 aliphatic carbocycles. The Balaban J connectivity index is 0. The molecule has 0 spiro atoms. The summed E-state index contributed by atoms with van der Waals surface area (Å²) < 4.78 is 0. The Labute approximate surface area is 82.6 Å². The SMILES string of the molecule is Cl.NC(N)=NC[C@@H](N)CCC(=O)O. The van der Waals surface area contributed by atoms with Crippen LogP contribution in [-0.4, -0.2) is 29.6 Å². The number of nitrogens with zero attached hydrogens (tertiary/aromatic N) is 1. The van der Waals surface area contributed by atoms with Gasteiger partial charge in [-0.25, -0.2) is 0 Å². The highest BCUT2D eigenvalue weighted by Gasteiger charge is 2.04.